The minimum Gasteiger partial charge on any atom is -0.467 e. The first-order valence-electron chi connectivity index (χ1n) is 6.67. The number of carbonyl (C=O) groups excluding carboxylic acids is 2. The number of hydrogen-bond donors (Lipinski definition) is 2. The Balaban J connectivity index is 1.41. The van der Waals surface area contributed by atoms with Crippen molar-refractivity contribution in [3.63, 3.8) is 0 Å². The van der Waals surface area contributed by atoms with Crippen LogP contribution < -0.4 is 10.6 Å². The Kier molecular flexibility index (Phi) is 4.19. The second-order valence-corrected chi connectivity index (χ2v) is 5.51. The molecule has 22 heavy (non-hydrogen) atoms. The summed E-state index contributed by atoms with van der Waals surface area (Å²) in [4.78, 5) is 28.6. The SMILES string of the molecule is O=C(CNC(=O)Cc1cn2ccsc2n1)NCc1ccco1. The van der Waals surface area contributed by atoms with Crippen LogP contribution in [0.25, 0.3) is 4.96 Å². The molecule has 3 aromatic rings. The summed E-state index contributed by atoms with van der Waals surface area (Å²) in [6.07, 6.45) is 5.39. The van der Waals surface area contributed by atoms with Gasteiger partial charge in [0.15, 0.2) is 4.96 Å². The van der Waals surface area contributed by atoms with Crippen LogP contribution in [-0.4, -0.2) is 27.7 Å². The van der Waals surface area contributed by atoms with E-state index in [1.807, 2.05) is 22.2 Å². The van der Waals surface area contributed by atoms with Crippen LogP contribution in [0.4, 0.5) is 0 Å². The van der Waals surface area contributed by atoms with Crippen LogP contribution in [0.5, 0.6) is 0 Å². The number of aromatic nitrogens is 2. The number of thiazole rings is 1. The number of furan rings is 1. The lowest BCUT2D eigenvalue weighted by Crippen LogP contribution is -2.37. The number of nitrogens with zero attached hydrogens (tertiary/aromatic N) is 2. The number of imidazole rings is 1. The Bertz CT molecular complexity index is 747. The molecule has 114 valence electrons. The average Bonchev–Trinajstić information content (AvgIpc) is 3.19. The second-order valence-electron chi connectivity index (χ2n) is 4.63. The monoisotopic (exact) mass is 318 g/mol. The van der Waals surface area contributed by atoms with E-state index in [2.05, 4.69) is 15.6 Å². The third-order valence-corrected chi connectivity index (χ3v) is 3.74. The van der Waals surface area contributed by atoms with Crippen molar-refractivity contribution in [2.24, 2.45) is 0 Å². The van der Waals surface area contributed by atoms with Crippen LogP contribution in [0.1, 0.15) is 11.5 Å². The predicted molar refractivity (Wildman–Crippen MR) is 80.3 cm³/mol. The standard InChI is InChI=1S/C14H14N4O3S/c19-12(6-10-9-18-3-5-22-14(18)17-10)16-8-13(20)15-7-11-2-1-4-21-11/h1-5,9H,6-8H2,(H,15,20)(H,16,19). The highest BCUT2D eigenvalue weighted by atomic mass is 32.1. The molecule has 0 aliphatic heterocycles. The van der Waals surface area contributed by atoms with Gasteiger partial charge in [0.05, 0.1) is 31.5 Å². The Morgan fingerprint density at radius 1 is 1.32 bits per heavy atom. The van der Waals surface area contributed by atoms with Gasteiger partial charge in [0.1, 0.15) is 5.76 Å². The topological polar surface area (TPSA) is 88.6 Å². The third-order valence-electron chi connectivity index (χ3n) is 2.97. The van der Waals surface area contributed by atoms with E-state index in [0.717, 1.165) is 4.96 Å². The van der Waals surface area contributed by atoms with Crippen LogP contribution in [-0.2, 0) is 22.6 Å². The van der Waals surface area contributed by atoms with Crippen molar-refractivity contribution in [1.29, 1.82) is 0 Å². The number of nitrogens with one attached hydrogen (secondary N) is 2. The molecule has 0 spiro atoms. The van der Waals surface area contributed by atoms with Gasteiger partial charge in [-0.05, 0) is 12.1 Å². The van der Waals surface area contributed by atoms with Crippen molar-refractivity contribution in [1.82, 2.24) is 20.0 Å². The molecule has 0 radical (unpaired) electrons. The minimum atomic E-state index is -0.268. The molecule has 2 N–H and O–H groups in total. The van der Waals surface area contributed by atoms with Gasteiger partial charge in [-0.25, -0.2) is 4.98 Å². The van der Waals surface area contributed by atoms with Gasteiger partial charge in [0.2, 0.25) is 11.8 Å². The smallest absolute Gasteiger partial charge is 0.239 e. The number of hydrogen-bond acceptors (Lipinski definition) is 5. The zero-order valence-electron chi connectivity index (χ0n) is 11.6. The largest absolute Gasteiger partial charge is 0.467 e. The molecule has 7 nitrogen and oxygen atoms in total. The fourth-order valence-electron chi connectivity index (χ4n) is 1.93. The average molecular weight is 318 g/mol. The molecule has 0 bridgehead atoms. The molecule has 0 aromatic carbocycles. The molecule has 0 saturated carbocycles. The highest BCUT2D eigenvalue weighted by molar-refractivity contribution is 7.15. The number of amides is 2. The van der Waals surface area contributed by atoms with Gasteiger partial charge < -0.3 is 15.1 Å². The Morgan fingerprint density at radius 2 is 2.23 bits per heavy atom. The summed E-state index contributed by atoms with van der Waals surface area (Å²) >= 11 is 1.51. The van der Waals surface area contributed by atoms with Gasteiger partial charge in [0.25, 0.3) is 0 Å². The first-order chi connectivity index (χ1) is 10.7. The first-order valence-corrected chi connectivity index (χ1v) is 7.55. The maximum Gasteiger partial charge on any atom is 0.239 e. The zero-order valence-corrected chi connectivity index (χ0v) is 12.4. The fourth-order valence-corrected chi connectivity index (χ4v) is 2.65. The van der Waals surface area contributed by atoms with Gasteiger partial charge in [-0.15, -0.1) is 11.3 Å². The molecule has 0 atom stereocenters. The van der Waals surface area contributed by atoms with Crippen LogP contribution in [0.2, 0.25) is 0 Å². The Labute approximate surface area is 130 Å². The molecule has 0 saturated heterocycles. The summed E-state index contributed by atoms with van der Waals surface area (Å²) in [5, 5.41) is 7.15. The lowest BCUT2D eigenvalue weighted by molar-refractivity contribution is -0.125. The van der Waals surface area contributed by atoms with Crippen molar-refractivity contribution < 1.29 is 14.0 Å². The van der Waals surface area contributed by atoms with E-state index in [0.29, 0.717) is 18.0 Å². The summed E-state index contributed by atoms with van der Waals surface area (Å²) < 4.78 is 6.96. The van der Waals surface area contributed by atoms with Gasteiger partial charge in [-0.3, -0.25) is 14.0 Å². The van der Waals surface area contributed by atoms with Crippen molar-refractivity contribution in [3.05, 3.63) is 47.6 Å². The maximum absolute atomic E-state index is 11.8. The summed E-state index contributed by atoms with van der Waals surface area (Å²) in [7, 11) is 0. The molecule has 3 rings (SSSR count). The summed E-state index contributed by atoms with van der Waals surface area (Å²) in [6.45, 7) is 0.237. The lowest BCUT2D eigenvalue weighted by atomic mass is 10.3. The van der Waals surface area contributed by atoms with Crippen molar-refractivity contribution in [2.75, 3.05) is 6.54 Å². The summed E-state index contributed by atoms with van der Waals surface area (Å²) in [6, 6.07) is 3.52. The van der Waals surface area contributed by atoms with Gasteiger partial charge in [-0.2, -0.15) is 0 Å². The molecule has 3 heterocycles. The molecule has 0 aliphatic rings. The summed E-state index contributed by atoms with van der Waals surface area (Å²) in [5.41, 5.74) is 0.681. The summed E-state index contributed by atoms with van der Waals surface area (Å²) in [5.74, 6) is 0.159. The van der Waals surface area contributed by atoms with Crippen LogP contribution in [0.15, 0.2) is 40.6 Å². The molecule has 0 aliphatic carbocycles. The number of fused-ring (bicyclic) bond motifs is 1. The molecule has 3 aromatic heterocycles. The van der Waals surface area contributed by atoms with E-state index in [9.17, 15) is 9.59 Å². The molecule has 8 heteroatoms. The zero-order chi connectivity index (χ0) is 15.4. The molecular weight excluding hydrogens is 304 g/mol. The quantitative estimate of drug-likeness (QED) is 0.708. The normalized spacial score (nSPS) is 10.7. The van der Waals surface area contributed by atoms with Gasteiger partial charge in [0, 0.05) is 17.8 Å². The number of carbonyl (C=O) groups is 2. The lowest BCUT2D eigenvalue weighted by Gasteiger charge is -2.05. The van der Waals surface area contributed by atoms with E-state index in [-0.39, 0.29) is 24.8 Å². The van der Waals surface area contributed by atoms with Crippen molar-refractivity contribution in [3.8, 4) is 0 Å². The van der Waals surface area contributed by atoms with E-state index < -0.39 is 0 Å². The number of rotatable bonds is 6. The predicted octanol–water partition coefficient (Wildman–Crippen LogP) is 0.964. The minimum absolute atomic E-state index is 0.0677. The molecule has 2 amide bonds. The van der Waals surface area contributed by atoms with E-state index in [1.54, 1.807) is 18.4 Å². The fraction of sp³-hybridized carbons (Fsp3) is 0.214. The van der Waals surface area contributed by atoms with Crippen molar-refractivity contribution >= 4 is 28.1 Å². The molecule has 0 unspecified atom stereocenters. The third kappa shape index (κ3) is 3.53. The molecule has 0 fully saturated rings. The molecular formula is C14H14N4O3S. The Hall–Kier alpha value is -2.61. The van der Waals surface area contributed by atoms with Crippen LogP contribution in [0, 0.1) is 0 Å². The van der Waals surface area contributed by atoms with Gasteiger partial charge >= 0.3 is 0 Å². The second kappa shape index (κ2) is 6.44. The van der Waals surface area contributed by atoms with E-state index in [4.69, 9.17) is 4.42 Å². The van der Waals surface area contributed by atoms with Gasteiger partial charge in [-0.1, -0.05) is 0 Å². The van der Waals surface area contributed by atoms with E-state index >= 15 is 0 Å². The maximum atomic E-state index is 11.8. The van der Waals surface area contributed by atoms with Crippen molar-refractivity contribution in [2.45, 2.75) is 13.0 Å². The highest BCUT2D eigenvalue weighted by Gasteiger charge is 2.10. The van der Waals surface area contributed by atoms with Crippen LogP contribution in [0.3, 0.4) is 0 Å². The highest BCUT2D eigenvalue weighted by Crippen LogP contribution is 2.11. The van der Waals surface area contributed by atoms with Crippen LogP contribution >= 0.6 is 11.3 Å². The van der Waals surface area contributed by atoms with E-state index in [1.165, 1.54) is 11.3 Å². The first kappa shape index (κ1) is 14.3. The Morgan fingerprint density at radius 3 is 3.00 bits per heavy atom.